The van der Waals surface area contributed by atoms with Gasteiger partial charge in [0, 0.05) is 6.54 Å². The lowest BCUT2D eigenvalue weighted by Crippen LogP contribution is -2.34. The van der Waals surface area contributed by atoms with Crippen molar-refractivity contribution in [3.63, 3.8) is 0 Å². The van der Waals surface area contributed by atoms with Crippen molar-refractivity contribution >= 4 is 11.9 Å². The van der Waals surface area contributed by atoms with Gasteiger partial charge in [-0.3, -0.25) is 9.59 Å². The first-order valence-corrected chi connectivity index (χ1v) is 7.93. The summed E-state index contributed by atoms with van der Waals surface area (Å²) in [5.41, 5.74) is 1.08. The van der Waals surface area contributed by atoms with Gasteiger partial charge in [-0.1, -0.05) is 37.3 Å². The smallest absolute Gasteiger partial charge is 0.308 e. The van der Waals surface area contributed by atoms with Crippen molar-refractivity contribution in [3.8, 4) is 11.5 Å². The maximum atomic E-state index is 11.6. The average Bonchev–Trinajstić information content (AvgIpc) is 2.64. The van der Waals surface area contributed by atoms with Crippen molar-refractivity contribution in [2.45, 2.75) is 13.5 Å². The normalized spacial score (nSPS) is 11.4. The molecular weight excluding hydrogens is 322 g/mol. The molecule has 0 saturated heterocycles. The molecule has 6 heteroatoms. The molecule has 0 bridgehead atoms. The molecule has 132 valence electrons. The summed E-state index contributed by atoms with van der Waals surface area (Å²) in [5, 5.41) is 11.3. The minimum atomic E-state index is -0.952. The van der Waals surface area contributed by atoms with E-state index in [1.165, 1.54) is 6.92 Å². The lowest BCUT2D eigenvalue weighted by Gasteiger charge is -2.10. The van der Waals surface area contributed by atoms with Crippen molar-refractivity contribution in [1.82, 2.24) is 5.32 Å². The van der Waals surface area contributed by atoms with Crippen LogP contribution in [-0.4, -0.2) is 30.1 Å². The Hall–Kier alpha value is -3.02. The predicted octanol–water partition coefficient (Wildman–Crippen LogP) is 2.48. The molecule has 0 heterocycles. The van der Waals surface area contributed by atoms with Gasteiger partial charge in [-0.2, -0.15) is 0 Å². The number of amides is 1. The third-order valence-electron chi connectivity index (χ3n) is 3.47. The number of hydrogen-bond acceptors (Lipinski definition) is 4. The number of carbonyl (C=O) groups is 2. The Bertz CT molecular complexity index is 685. The van der Waals surface area contributed by atoms with Crippen LogP contribution in [0.5, 0.6) is 11.5 Å². The number of benzene rings is 2. The molecule has 2 aromatic rings. The number of hydrogen-bond donors (Lipinski definition) is 2. The Kier molecular flexibility index (Phi) is 6.83. The van der Waals surface area contributed by atoms with Gasteiger partial charge in [0.25, 0.3) is 5.91 Å². The van der Waals surface area contributed by atoms with E-state index in [0.29, 0.717) is 18.1 Å². The fourth-order valence-corrected chi connectivity index (χ4v) is 1.93. The third-order valence-corrected chi connectivity index (χ3v) is 3.47. The summed E-state index contributed by atoms with van der Waals surface area (Å²) in [4.78, 5) is 22.3. The summed E-state index contributed by atoms with van der Waals surface area (Å²) < 4.78 is 11.0. The molecule has 6 nitrogen and oxygen atoms in total. The zero-order valence-electron chi connectivity index (χ0n) is 14.0. The maximum absolute atomic E-state index is 11.6. The largest absolute Gasteiger partial charge is 0.489 e. The molecule has 0 aliphatic carbocycles. The molecule has 2 aromatic carbocycles. The molecule has 25 heavy (non-hydrogen) atoms. The van der Waals surface area contributed by atoms with Gasteiger partial charge >= 0.3 is 5.97 Å². The molecule has 0 spiro atoms. The minimum absolute atomic E-state index is 0.0732. The van der Waals surface area contributed by atoms with Gasteiger partial charge in [0.2, 0.25) is 0 Å². The van der Waals surface area contributed by atoms with Crippen LogP contribution in [0.15, 0.2) is 54.6 Å². The highest BCUT2D eigenvalue weighted by Gasteiger charge is 2.12. The first kappa shape index (κ1) is 18.3. The van der Waals surface area contributed by atoms with E-state index in [-0.39, 0.29) is 19.1 Å². The Morgan fingerprint density at radius 3 is 2.20 bits per heavy atom. The third kappa shape index (κ3) is 6.55. The predicted molar refractivity (Wildman–Crippen MR) is 92.5 cm³/mol. The Balaban J connectivity index is 1.72. The second kappa shape index (κ2) is 9.32. The SMILES string of the molecule is CC(CNC(=O)COc1ccc(OCc2ccccc2)cc1)C(=O)O. The second-order valence-electron chi connectivity index (χ2n) is 5.58. The molecule has 0 radical (unpaired) electrons. The van der Waals surface area contributed by atoms with Crippen molar-refractivity contribution in [2.75, 3.05) is 13.2 Å². The van der Waals surface area contributed by atoms with Crippen LogP contribution in [0.25, 0.3) is 0 Å². The van der Waals surface area contributed by atoms with Crippen LogP contribution in [0.3, 0.4) is 0 Å². The van der Waals surface area contributed by atoms with Gasteiger partial charge in [-0.15, -0.1) is 0 Å². The Morgan fingerprint density at radius 2 is 1.60 bits per heavy atom. The number of ether oxygens (including phenoxy) is 2. The van der Waals surface area contributed by atoms with Crippen LogP contribution < -0.4 is 14.8 Å². The molecule has 0 aromatic heterocycles. The average molecular weight is 343 g/mol. The van der Waals surface area contributed by atoms with Crippen LogP contribution >= 0.6 is 0 Å². The Morgan fingerprint density at radius 1 is 1.00 bits per heavy atom. The number of carboxylic acid groups (broad SMARTS) is 1. The summed E-state index contributed by atoms with van der Waals surface area (Å²) in [6, 6.07) is 16.8. The number of carbonyl (C=O) groups excluding carboxylic acids is 1. The molecule has 1 unspecified atom stereocenters. The van der Waals surface area contributed by atoms with Crippen molar-refractivity contribution < 1.29 is 24.2 Å². The molecular formula is C19H21NO5. The molecule has 0 aliphatic rings. The fourth-order valence-electron chi connectivity index (χ4n) is 1.93. The van der Waals surface area contributed by atoms with Gasteiger partial charge in [0.05, 0.1) is 5.92 Å². The van der Waals surface area contributed by atoms with E-state index >= 15 is 0 Å². The number of carboxylic acids is 1. The summed E-state index contributed by atoms with van der Waals surface area (Å²) in [6.07, 6.45) is 0. The molecule has 0 saturated carbocycles. The van der Waals surface area contributed by atoms with Crippen molar-refractivity contribution in [2.24, 2.45) is 5.92 Å². The summed E-state index contributed by atoms with van der Waals surface area (Å²) >= 11 is 0. The van der Waals surface area contributed by atoms with Crippen molar-refractivity contribution in [1.29, 1.82) is 0 Å². The molecule has 0 fully saturated rings. The summed E-state index contributed by atoms with van der Waals surface area (Å²) in [5.74, 6) is -0.709. The van der Waals surface area contributed by atoms with E-state index in [9.17, 15) is 9.59 Å². The van der Waals surface area contributed by atoms with Gasteiger partial charge in [-0.25, -0.2) is 0 Å². The van der Waals surface area contributed by atoms with E-state index < -0.39 is 11.9 Å². The zero-order valence-corrected chi connectivity index (χ0v) is 14.0. The van der Waals surface area contributed by atoms with Gasteiger partial charge in [0.15, 0.2) is 6.61 Å². The van der Waals surface area contributed by atoms with E-state index in [0.717, 1.165) is 5.56 Å². The summed E-state index contributed by atoms with van der Waals surface area (Å²) in [7, 11) is 0. The van der Waals surface area contributed by atoms with E-state index in [2.05, 4.69) is 5.32 Å². The van der Waals surface area contributed by atoms with E-state index in [4.69, 9.17) is 14.6 Å². The first-order chi connectivity index (χ1) is 12.0. The van der Waals surface area contributed by atoms with Gasteiger partial charge in [0.1, 0.15) is 18.1 Å². The van der Waals surface area contributed by atoms with Crippen LogP contribution in [0.1, 0.15) is 12.5 Å². The quantitative estimate of drug-likeness (QED) is 0.731. The number of aliphatic carboxylic acids is 1. The molecule has 1 amide bonds. The van der Waals surface area contributed by atoms with Crippen LogP contribution in [-0.2, 0) is 16.2 Å². The highest BCUT2D eigenvalue weighted by molar-refractivity contribution is 5.78. The monoisotopic (exact) mass is 343 g/mol. The Labute approximate surface area is 146 Å². The molecule has 1 atom stereocenters. The highest BCUT2D eigenvalue weighted by atomic mass is 16.5. The number of rotatable bonds is 9. The van der Waals surface area contributed by atoms with Crippen LogP contribution in [0.4, 0.5) is 0 Å². The molecule has 2 N–H and O–H groups in total. The second-order valence-corrected chi connectivity index (χ2v) is 5.58. The summed E-state index contributed by atoms with van der Waals surface area (Å²) in [6.45, 7) is 1.91. The topological polar surface area (TPSA) is 84.9 Å². The van der Waals surface area contributed by atoms with Gasteiger partial charge < -0.3 is 19.9 Å². The lowest BCUT2D eigenvalue weighted by molar-refractivity contribution is -0.141. The zero-order chi connectivity index (χ0) is 18.1. The van der Waals surface area contributed by atoms with Crippen LogP contribution in [0.2, 0.25) is 0 Å². The maximum Gasteiger partial charge on any atom is 0.308 e. The standard InChI is InChI=1S/C19H21NO5/c1-14(19(22)23)11-20-18(21)13-25-17-9-7-16(8-10-17)24-12-15-5-3-2-4-6-15/h2-10,14H,11-13H2,1H3,(H,20,21)(H,22,23). The first-order valence-electron chi connectivity index (χ1n) is 7.93. The molecule has 0 aliphatic heterocycles. The van der Waals surface area contributed by atoms with Crippen molar-refractivity contribution in [3.05, 3.63) is 60.2 Å². The minimum Gasteiger partial charge on any atom is -0.489 e. The van der Waals surface area contributed by atoms with Gasteiger partial charge in [-0.05, 0) is 29.8 Å². The van der Waals surface area contributed by atoms with E-state index in [1.54, 1.807) is 24.3 Å². The molecule has 2 rings (SSSR count). The van der Waals surface area contributed by atoms with E-state index in [1.807, 2.05) is 30.3 Å². The van der Waals surface area contributed by atoms with Crippen LogP contribution in [0, 0.1) is 5.92 Å². The lowest BCUT2D eigenvalue weighted by atomic mass is 10.2. The number of nitrogens with one attached hydrogen (secondary N) is 1. The highest BCUT2D eigenvalue weighted by Crippen LogP contribution is 2.18. The fraction of sp³-hybridized carbons (Fsp3) is 0.263.